The van der Waals surface area contributed by atoms with Crippen LogP contribution in [0.25, 0.3) is 0 Å². The zero-order valence-electron chi connectivity index (χ0n) is 9.42. The van der Waals surface area contributed by atoms with Crippen LogP contribution in [0.5, 0.6) is 5.75 Å². The van der Waals surface area contributed by atoms with Crippen LogP contribution >= 0.6 is 23.1 Å². The summed E-state index contributed by atoms with van der Waals surface area (Å²) in [6.45, 7) is 2.74. The molecule has 1 aromatic heterocycles. The number of rotatable bonds is 5. The summed E-state index contributed by atoms with van der Waals surface area (Å²) in [6.07, 6.45) is 0.965. The van der Waals surface area contributed by atoms with Crippen LogP contribution in [0.2, 0.25) is 0 Å². The minimum absolute atomic E-state index is 0.667. The molecule has 0 saturated heterocycles. The molecule has 6 heteroatoms. The lowest BCUT2D eigenvalue weighted by Crippen LogP contribution is -1.98. The van der Waals surface area contributed by atoms with Gasteiger partial charge in [0, 0.05) is 4.90 Å². The molecule has 4 nitrogen and oxygen atoms in total. The number of anilines is 1. The number of hydrogen-bond acceptors (Lipinski definition) is 6. The summed E-state index contributed by atoms with van der Waals surface area (Å²) in [6, 6.07) is 5.76. The van der Waals surface area contributed by atoms with E-state index in [9.17, 15) is 0 Å². The highest BCUT2D eigenvalue weighted by Gasteiger charge is 2.05. The molecule has 0 spiro atoms. The van der Waals surface area contributed by atoms with Crippen LogP contribution in [0.3, 0.4) is 0 Å². The second-order valence-electron chi connectivity index (χ2n) is 3.35. The summed E-state index contributed by atoms with van der Waals surface area (Å²) in [5, 5.41) is 7.78. The van der Waals surface area contributed by atoms with Crippen LogP contribution in [0, 0.1) is 0 Å². The molecule has 0 unspecified atom stereocenters. The van der Waals surface area contributed by atoms with Gasteiger partial charge in [-0.1, -0.05) is 30.0 Å². The van der Waals surface area contributed by atoms with Gasteiger partial charge in [0.2, 0.25) is 0 Å². The highest BCUT2D eigenvalue weighted by Crippen LogP contribution is 2.33. The Morgan fingerprint density at radius 1 is 1.47 bits per heavy atom. The van der Waals surface area contributed by atoms with Crippen molar-refractivity contribution in [1.29, 1.82) is 0 Å². The largest absolute Gasteiger partial charge is 0.491 e. The summed E-state index contributed by atoms with van der Waals surface area (Å²) < 4.78 is 6.49. The minimum Gasteiger partial charge on any atom is -0.491 e. The molecule has 0 aliphatic carbocycles. The highest BCUT2D eigenvalue weighted by atomic mass is 32.2. The van der Waals surface area contributed by atoms with Gasteiger partial charge in [0.25, 0.3) is 0 Å². The third kappa shape index (κ3) is 3.34. The van der Waals surface area contributed by atoms with Gasteiger partial charge >= 0.3 is 0 Å². The van der Waals surface area contributed by atoms with Crippen LogP contribution in [-0.4, -0.2) is 16.8 Å². The van der Waals surface area contributed by atoms with Crippen molar-refractivity contribution in [3.8, 4) is 5.75 Å². The van der Waals surface area contributed by atoms with Crippen LogP contribution in [0.4, 0.5) is 5.69 Å². The number of aromatic nitrogens is 2. The Hall–Kier alpha value is -1.27. The number of benzene rings is 1. The summed E-state index contributed by atoms with van der Waals surface area (Å²) in [5.41, 5.74) is 8.23. The zero-order chi connectivity index (χ0) is 12.1. The lowest BCUT2D eigenvalue weighted by Gasteiger charge is -2.08. The summed E-state index contributed by atoms with van der Waals surface area (Å²) in [7, 11) is 0. The summed E-state index contributed by atoms with van der Waals surface area (Å²) >= 11 is 3.07. The Morgan fingerprint density at radius 3 is 3.06 bits per heavy atom. The third-order valence-electron chi connectivity index (χ3n) is 1.99. The van der Waals surface area contributed by atoms with E-state index < -0.39 is 0 Å². The number of hydrogen-bond donors (Lipinski definition) is 1. The molecule has 0 radical (unpaired) electrons. The van der Waals surface area contributed by atoms with Crippen molar-refractivity contribution < 1.29 is 4.74 Å². The normalized spacial score (nSPS) is 10.4. The monoisotopic (exact) mass is 267 g/mol. The van der Waals surface area contributed by atoms with Gasteiger partial charge in [0.15, 0.2) is 4.34 Å². The van der Waals surface area contributed by atoms with E-state index in [1.807, 2.05) is 18.2 Å². The van der Waals surface area contributed by atoms with E-state index in [0.717, 1.165) is 21.4 Å². The molecule has 0 aliphatic rings. The summed E-state index contributed by atoms with van der Waals surface area (Å²) in [4.78, 5) is 1.06. The third-order valence-corrected chi connectivity index (χ3v) is 3.76. The molecule has 1 heterocycles. The number of nitrogens with zero attached hydrogens (tertiary/aromatic N) is 2. The fourth-order valence-corrected chi connectivity index (χ4v) is 2.70. The molecule has 0 amide bonds. The Morgan fingerprint density at radius 2 is 2.35 bits per heavy atom. The Bertz CT molecular complexity index is 474. The Balaban J connectivity index is 2.13. The van der Waals surface area contributed by atoms with E-state index >= 15 is 0 Å². The Labute approximate surface area is 108 Å². The van der Waals surface area contributed by atoms with Crippen molar-refractivity contribution in [3.63, 3.8) is 0 Å². The van der Waals surface area contributed by atoms with Gasteiger partial charge in [-0.3, -0.25) is 0 Å². The van der Waals surface area contributed by atoms with Crippen LogP contribution < -0.4 is 10.5 Å². The standard InChI is InChI=1S/C11H13N3OS2/c1-2-5-15-10-6-8(3-4-9(10)12)17-11-14-13-7-16-11/h3-4,6-7H,2,5,12H2,1H3. The van der Waals surface area contributed by atoms with E-state index in [4.69, 9.17) is 10.5 Å². The summed E-state index contributed by atoms with van der Waals surface area (Å²) in [5.74, 6) is 0.737. The Kier molecular flexibility index (Phi) is 4.22. The predicted molar refractivity (Wildman–Crippen MR) is 70.7 cm³/mol. The quantitative estimate of drug-likeness (QED) is 0.844. The fourth-order valence-electron chi connectivity index (χ4n) is 1.22. The van der Waals surface area contributed by atoms with Crippen molar-refractivity contribution in [2.45, 2.75) is 22.6 Å². The molecule has 1 aromatic carbocycles. The fraction of sp³-hybridized carbons (Fsp3) is 0.273. The SMILES string of the molecule is CCCOc1cc(Sc2nncs2)ccc1N. The van der Waals surface area contributed by atoms with Crippen molar-refractivity contribution in [3.05, 3.63) is 23.7 Å². The zero-order valence-corrected chi connectivity index (χ0v) is 11.1. The molecule has 2 aromatic rings. The van der Waals surface area contributed by atoms with Crippen molar-refractivity contribution >= 4 is 28.8 Å². The van der Waals surface area contributed by atoms with E-state index in [1.165, 1.54) is 11.3 Å². The highest BCUT2D eigenvalue weighted by molar-refractivity contribution is 8.01. The second kappa shape index (κ2) is 5.88. The van der Waals surface area contributed by atoms with E-state index in [2.05, 4.69) is 17.1 Å². The number of nitrogen functional groups attached to an aromatic ring is 1. The molecular weight excluding hydrogens is 254 g/mol. The first-order chi connectivity index (χ1) is 8.29. The molecule has 0 bridgehead atoms. The topological polar surface area (TPSA) is 61.0 Å². The van der Waals surface area contributed by atoms with Gasteiger partial charge in [0.05, 0.1) is 12.3 Å². The van der Waals surface area contributed by atoms with Crippen LogP contribution in [-0.2, 0) is 0 Å². The maximum atomic E-state index is 5.84. The maximum Gasteiger partial charge on any atom is 0.178 e. The molecule has 2 rings (SSSR count). The molecule has 90 valence electrons. The predicted octanol–water partition coefficient (Wildman–Crippen LogP) is 3.06. The molecule has 0 atom stereocenters. The first-order valence-corrected chi connectivity index (χ1v) is 6.95. The van der Waals surface area contributed by atoms with Gasteiger partial charge in [-0.2, -0.15) is 0 Å². The average molecular weight is 267 g/mol. The first kappa shape index (κ1) is 12.2. The minimum atomic E-state index is 0.667. The van der Waals surface area contributed by atoms with Gasteiger partial charge in [-0.05, 0) is 24.6 Å². The molecule has 0 fully saturated rings. The number of ether oxygens (including phenoxy) is 1. The van der Waals surface area contributed by atoms with E-state index in [1.54, 1.807) is 17.3 Å². The number of nitrogens with two attached hydrogens (primary N) is 1. The van der Waals surface area contributed by atoms with Crippen LogP contribution in [0.1, 0.15) is 13.3 Å². The van der Waals surface area contributed by atoms with E-state index in [0.29, 0.717) is 12.3 Å². The van der Waals surface area contributed by atoms with Crippen molar-refractivity contribution in [2.75, 3.05) is 12.3 Å². The lowest BCUT2D eigenvalue weighted by molar-refractivity contribution is 0.318. The lowest BCUT2D eigenvalue weighted by atomic mass is 10.3. The molecule has 17 heavy (non-hydrogen) atoms. The van der Waals surface area contributed by atoms with Crippen molar-refractivity contribution in [1.82, 2.24) is 10.2 Å². The molecular formula is C11H13N3OS2. The molecule has 0 aliphatic heterocycles. The average Bonchev–Trinajstić information content (AvgIpc) is 2.82. The second-order valence-corrected chi connectivity index (χ2v) is 5.51. The van der Waals surface area contributed by atoms with Gasteiger partial charge < -0.3 is 10.5 Å². The van der Waals surface area contributed by atoms with Gasteiger partial charge in [-0.25, -0.2) is 0 Å². The van der Waals surface area contributed by atoms with Gasteiger partial charge in [-0.15, -0.1) is 10.2 Å². The smallest absolute Gasteiger partial charge is 0.178 e. The molecule has 0 saturated carbocycles. The van der Waals surface area contributed by atoms with Crippen LogP contribution in [0.15, 0.2) is 32.9 Å². The first-order valence-electron chi connectivity index (χ1n) is 5.26. The maximum absolute atomic E-state index is 5.84. The van der Waals surface area contributed by atoms with Crippen molar-refractivity contribution in [2.24, 2.45) is 0 Å². The molecule has 2 N–H and O–H groups in total. The van der Waals surface area contributed by atoms with Gasteiger partial charge in [0.1, 0.15) is 11.3 Å². The van der Waals surface area contributed by atoms with E-state index in [-0.39, 0.29) is 0 Å².